The topological polar surface area (TPSA) is 107 Å². The molecule has 1 aliphatic rings. The number of nitro benzene ring substituents is 1. The SMILES string of the molecule is CON1C(C)(C)CC(Nc2ccc([N+](=O)[O-])c3nonc23)CC1(C)C. The molecule has 3 rings (SSSR count). The first-order valence-corrected chi connectivity index (χ1v) is 8.16. The Labute approximate surface area is 145 Å². The lowest BCUT2D eigenvalue weighted by molar-refractivity contribution is -0.383. The van der Waals surface area contributed by atoms with Crippen LogP contribution >= 0.6 is 0 Å². The summed E-state index contributed by atoms with van der Waals surface area (Å²) in [7, 11) is 1.69. The Kier molecular flexibility index (Phi) is 4.16. The Morgan fingerprint density at radius 1 is 1.24 bits per heavy atom. The van der Waals surface area contributed by atoms with Gasteiger partial charge in [-0.25, -0.2) is 4.63 Å². The number of fused-ring (bicyclic) bond motifs is 1. The zero-order valence-corrected chi connectivity index (χ0v) is 15.1. The summed E-state index contributed by atoms with van der Waals surface area (Å²) in [5.74, 6) is 0. The molecule has 0 bridgehead atoms. The maximum absolute atomic E-state index is 11.1. The average molecular weight is 349 g/mol. The molecule has 0 amide bonds. The predicted octanol–water partition coefficient (Wildman–Crippen LogP) is 3.13. The van der Waals surface area contributed by atoms with E-state index in [0.717, 1.165) is 12.8 Å². The normalized spacial score (nSPS) is 20.7. The smallest absolute Gasteiger partial charge is 0.300 e. The van der Waals surface area contributed by atoms with Crippen LogP contribution in [0, 0.1) is 10.1 Å². The van der Waals surface area contributed by atoms with Crippen molar-refractivity contribution >= 4 is 22.4 Å². The number of nitrogens with zero attached hydrogens (tertiary/aromatic N) is 4. The van der Waals surface area contributed by atoms with Crippen molar-refractivity contribution in [1.29, 1.82) is 0 Å². The van der Waals surface area contributed by atoms with Gasteiger partial charge in [0.05, 0.1) is 17.7 Å². The first kappa shape index (κ1) is 17.6. The van der Waals surface area contributed by atoms with E-state index >= 15 is 0 Å². The summed E-state index contributed by atoms with van der Waals surface area (Å²) in [6.45, 7) is 8.54. The lowest BCUT2D eigenvalue weighted by Gasteiger charge is -2.53. The number of benzene rings is 1. The van der Waals surface area contributed by atoms with Crippen molar-refractivity contribution in [2.24, 2.45) is 0 Å². The molecule has 1 aliphatic heterocycles. The predicted molar refractivity (Wildman–Crippen MR) is 92.1 cm³/mol. The molecule has 1 aromatic carbocycles. The van der Waals surface area contributed by atoms with Crippen molar-refractivity contribution in [2.45, 2.75) is 57.7 Å². The molecule has 0 radical (unpaired) electrons. The first-order valence-electron chi connectivity index (χ1n) is 8.16. The minimum atomic E-state index is -0.486. The number of aromatic nitrogens is 2. The highest BCUT2D eigenvalue weighted by molar-refractivity contribution is 5.93. The van der Waals surface area contributed by atoms with Crippen LogP contribution in [-0.4, -0.2) is 44.5 Å². The summed E-state index contributed by atoms with van der Waals surface area (Å²) in [6.07, 6.45) is 1.68. The van der Waals surface area contributed by atoms with Crippen LogP contribution in [0.1, 0.15) is 40.5 Å². The summed E-state index contributed by atoms with van der Waals surface area (Å²) < 4.78 is 4.73. The maximum atomic E-state index is 11.1. The summed E-state index contributed by atoms with van der Waals surface area (Å²) in [6, 6.07) is 3.24. The summed E-state index contributed by atoms with van der Waals surface area (Å²) in [5.41, 5.74) is 0.759. The van der Waals surface area contributed by atoms with E-state index in [0.29, 0.717) is 11.2 Å². The van der Waals surface area contributed by atoms with E-state index in [1.54, 1.807) is 13.2 Å². The Morgan fingerprint density at radius 3 is 2.40 bits per heavy atom. The molecule has 1 aromatic heterocycles. The molecule has 9 heteroatoms. The average Bonchev–Trinajstić information content (AvgIpc) is 2.94. The Morgan fingerprint density at radius 2 is 1.84 bits per heavy atom. The molecule has 9 nitrogen and oxygen atoms in total. The van der Waals surface area contributed by atoms with Gasteiger partial charge in [-0.3, -0.25) is 10.1 Å². The van der Waals surface area contributed by atoms with E-state index in [1.165, 1.54) is 6.07 Å². The van der Waals surface area contributed by atoms with E-state index in [2.05, 4.69) is 43.3 Å². The van der Waals surface area contributed by atoms with Crippen LogP contribution in [0.3, 0.4) is 0 Å². The molecule has 0 aliphatic carbocycles. The standard InChI is InChI=1S/C16H23N5O4/c1-15(2)8-10(9-16(3,4)21(15)24-5)17-11-6-7-12(20(22)23)14-13(11)18-25-19-14/h6-7,10,17H,8-9H2,1-5H3. The minimum absolute atomic E-state index is 0.114. The second-order valence-corrected chi connectivity index (χ2v) is 7.70. The number of piperidine rings is 1. The van der Waals surface area contributed by atoms with Crippen LogP contribution in [0.25, 0.3) is 11.0 Å². The van der Waals surface area contributed by atoms with Crippen LogP contribution in [0.2, 0.25) is 0 Å². The van der Waals surface area contributed by atoms with Gasteiger partial charge < -0.3 is 10.2 Å². The van der Waals surface area contributed by atoms with Crippen molar-refractivity contribution in [3.63, 3.8) is 0 Å². The molecule has 1 N–H and O–H groups in total. The van der Waals surface area contributed by atoms with E-state index in [4.69, 9.17) is 9.47 Å². The van der Waals surface area contributed by atoms with E-state index < -0.39 is 4.92 Å². The fourth-order valence-corrected chi connectivity index (χ4v) is 4.20. The highest BCUT2D eigenvalue weighted by Crippen LogP contribution is 2.40. The van der Waals surface area contributed by atoms with Gasteiger partial charge in [0.2, 0.25) is 5.52 Å². The molecule has 25 heavy (non-hydrogen) atoms. The van der Waals surface area contributed by atoms with Gasteiger partial charge in [-0.2, -0.15) is 5.06 Å². The van der Waals surface area contributed by atoms with Crippen molar-refractivity contribution in [1.82, 2.24) is 15.4 Å². The van der Waals surface area contributed by atoms with Crippen molar-refractivity contribution < 1.29 is 14.4 Å². The van der Waals surface area contributed by atoms with Gasteiger partial charge >= 0.3 is 5.69 Å². The van der Waals surface area contributed by atoms with Crippen LogP contribution < -0.4 is 5.32 Å². The Balaban J connectivity index is 1.91. The molecular weight excluding hydrogens is 326 g/mol. The van der Waals surface area contributed by atoms with Crippen LogP contribution in [0.15, 0.2) is 16.8 Å². The zero-order chi connectivity index (χ0) is 18.4. The van der Waals surface area contributed by atoms with Crippen LogP contribution in [0.4, 0.5) is 11.4 Å². The van der Waals surface area contributed by atoms with E-state index in [9.17, 15) is 10.1 Å². The fraction of sp³-hybridized carbons (Fsp3) is 0.625. The number of hydrogen-bond acceptors (Lipinski definition) is 8. The highest BCUT2D eigenvalue weighted by atomic mass is 16.7. The minimum Gasteiger partial charge on any atom is -0.380 e. The number of hydrogen-bond donors (Lipinski definition) is 1. The van der Waals surface area contributed by atoms with Crippen molar-refractivity contribution in [3.05, 3.63) is 22.2 Å². The molecule has 2 aromatic rings. The number of nitrogens with one attached hydrogen (secondary N) is 1. The molecule has 0 atom stereocenters. The summed E-state index contributed by atoms with van der Waals surface area (Å²) >= 11 is 0. The third-order valence-corrected chi connectivity index (χ3v) is 4.72. The second kappa shape index (κ2) is 5.92. The maximum Gasteiger partial charge on any atom is 0.300 e. The molecule has 0 saturated carbocycles. The lowest BCUT2D eigenvalue weighted by Crippen LogP contribution is -2.62. The van der Waals surface area contributed by atoms with Crippen LogP contribution in [-0.2, 0) is 4.84 Å². The molecule has 0 spiro atoms. The molecule has 1 fully saturated rings. The van der Waals surface area contributed by atoms with E-state index in [1.807, 2.05) is 5.06 Å². The molecule has 1 saturated heterocycles. The van der Waals surface area contributed by atoms with Crippen molar-refractivity contribution in [3.8, 4) is 0 Å². The molecule has 136 valence electrons. The van der Waals surface area contributed by atoms with Gasteiger partial charge in [-0.1, -0.05) is 0 Å². The third-order valence-electron chi connectivity index (χ3n) is 4.72. The second-order valence-electron chi connectivity index (χ2n) is 7.70. The fourth-order valence-electron chi connectivity index (χ4n) is 4.20. The molecule has 2 heterocycles. The molecular formula is C16H23N5O4. The number of nitro groups is 1. The summed E-state index contributed by atoms with van der Waals surface area (Å²) in [4.78, 5) is 16.2. The third kappa shape index (κ3) is 3.05. The zero-order valence-electron chi connectivity index (χ0n) is 15.1. The highest BCUT2D eigenvalue weighted by Gasteiger charge is 2.46. The number of hydroxylamine groups is 2. The monoisotopic (exact) mass is 349 g/mol. The van der Waals surface area contributed by atoms with Gasteiger partial charge in [-0.05, 0) is 56.9 Å². The molecule has 0 unspecified atom stereocenters. The Hall–Kier alpha value is -2.26. The summed E-state index contributed by atoms with van der Waals surface area (Å²) in [5, 5.41) is 24.1. The van der Waals surface area contributed by atoms with Crippen LogP contribution in [0.5, 0.6) is 0 Å². The number of non-ortho nitro benzene ring substituents is 1. The Bertz CT molecular complexity index is 783. The van der Waals surface area contributed by atoms with Crippen molar-refractivity contribution in [2.75, 3.05) is 12.4 Å². The number of rotatable bonds is 4. The quantitative estimate of drug-likeness (QED) is 0.663. The lowest BCUT2D eigenvalue weighted by atomic mass is 9.79. The van der Waals surface area contributed by atoms with E-state index in [-0.39, 0.29) is 28.3 Å². The largest absolute Gasteiger partial charge is 0.380 e. The van der Waals surface area contributed by atoms with Gasteiger partial charge in [0.15, 0.2) is 5.52 Å². The number of anilines is 1. The van der Waals surface area contributed by atoms with Gasteiger partial charge in [0.25, 0.3) is 0 Å². The van der Waals surface area contributed by atoms with Gasteiger partial charge in [0.1, 0.15) is 0 Å². The first-order chi connectivity index (χ1) is 11.7. The van der Waals surface area contributed by atoms with Gasteiger partial charge in [0, 0.05) is 23.2 Å². The van der Waals surface area contributed by atoms with Gasteiger partial charge in [-0.15, -0.1) is 0 Å².